The fraction of sp³-hybridized carbons (Fsp3) is 0.111. The molecule has 0 heterocycles. The standard InChI is InChI=1S/C9H9BrO2S/c1-7(2)13(11,12)9-5-3-8(10)4-6-9/h3-6H,1H2,2H3. The van der Waals surface area contributed by atoms with Crippen LogP contribution in [-0.2, 0) is 9.84 Å². The molecule has 0 unspecified atom stereocenters. The van der Waals surface area contributed by atoms with Crippen LogP contribution in [-0.4, -0.2) is 8.42 Å². The van der Waals surface area contributed by atoms with Crippen LogP contribution in [0.3, 0.4) is 0 Å². The monoisotopic (exact) mass is 260 g/mol. The molecule has 0 saturated heterocycles. The van der Waals surface area contributed by atoms with E-state index >= 15 is 0 Å². The first-order valence-corrected chi connectivity index (χ1v) is 5.88. The Balaban J connectivity index is 3.25. The van der Waals surface area contributed by atoms with Crippen LogP contribution >= 0.6 is 15.9 Å². The van der Waals surface area contributed by atoms with Gasteiger partial charge in [-0.3, -0.25) is 0 Å². The minimum absolute atomic E-state index is 0.162. The molecule has 0 aliphatic carbocycles. The molecule has 0 N–H and O–H groups in total. The Kier molecular flexibility index (Phi) is 2.93. The largest absolute Gasteiger partial charge is 0.219 e. The Morgan fingerprint density at radius 1 is 1.31 bits per heavy atom. The second kappa shape index (κ2) is 3.64. The second-order valence-corrected chi connectivity index (χ2v) is 5.75. The predicted molar refractivity (Wildman–Crippen MR) is 56.1 cm³/mol. The molecule has 2 nitrogen and oxygen atoms in total. The number of hydrogen-bond acceptors (Lipinski definition) is 2. The molecule has 1 aromatic rings. The van der Waals surface area contributed by atoms with E-state index in [2.05, 4.69) is 22.5 Å². The molecule has 0 bridgehead atoms. The van der Waals surface area contributed by atoms with Crippen molar-refractivity contribution in [2.45, 2.75) is 11.8 Å². The lowest BCUT2D eigenvalue weighted by Gasteiger charge is -2.02. The van der Waals surface area contributed by atoms with Gasteiger partial charge in [0.2, 0.25) is 9.84 Å². The van der Waals surface area contributed by atoms with Crippen molar-refractivity contribution in [2.75, 3.05) is 0 Å². The Morgan fingerprint density at radius 3 is 2.15 bits per heavy atom. The van der Waals surface area contributed by atoms with E-state index in [1.165, 1.54) is 6.92 Å². The zero-order chi connectivity index (χ0) is 10.1. The molecule has 13 heavy (non-hydrogen) atoms. The first-order chi connectivity index (χ1) is 5.94. The molecule has 0 fully saturated rings. The summed E-state index contributed by atoms with van der Waals surface area (Å²) in [5, 5.41) is 0. The first kappa shape index (κ1) is 10.5. The molecular weight excluding hydrogens is 252 g/mol. The molecule has 0 amide bonds. The van der Waals surface area contributed by atoms with Crippen molar-refractivity contribution in [1.82, 2.24) is 0 Å². The summed E-state index contributed by atoms with van der Waals surface area (Å²) >= 11 is 3.23. The van der Waals surface area contributed by atoms with E-state index in [0.717, 1.165) is 4.47 Å². The molecule has 1 rings (SSSR count). The fourth-order valence-corrected chi connectivity index (χ4v) is 1.98. The maximum Gasteiger partial charge on any atom is 0.201 e. The molecular formula is C9H9BrO2S. The van der Waals surface area contributed by atoms with Crippen molar-refractivity contribution in [3.8, 4) is 0 Å². The average Bonchev–Trinajstić information content (AvgIpc) is 2.04. The summed E-state index contributed by atoms with van der Waals surface area (Å²) in [6.07, 6.45) is 0. The van der Waals surface area contributed by atoms with Gasteiger partial charge in [0.25, 0.3) is 0 Å². The lowest BCUT2D eigenvalue weighted by atomic mass is 10.4. The highest BCUT2D eigenvalue weighted by atomic mass is 79.9. The van der Waals surface area contributed by atoms with Crippen LogP contribution in [0.4, 0.5) is 0 Å². The van der Waals surface area contributed by atoms with Crippen molar-refractivity contribution < 1.29 is 8.42 Å². The molecule has 0 radical (unpaired) electrons. The van der Waals surface area contributed by atoms with Gasteiger partial charge in [0.1, 0.15) is 0 Å². The molecule has 70 valence electrons. The van der Waals surface area contributed by atoms with Crippen molar-refractivity contribution >= 4 is 25.8 Å². The van der Waals surface area contributed by atoms with Crippen LogP contribution < -0.4 is 0 Å². The molecule has 0 saturated carbocycles. The zero-order valence-electron chi connectivity index (χ0n) is 7.12. The Bertz CT molecular complexity index is 417. The van der Waals surface area contributed by atoms with E-state index in [1.54, 1.807) is 24.3 Å². The summed E-state index contributed by atoms with van der Waals surface area (Å²) in [5.74, 6) is 0. The third-order valence-electron chi connectivity index (χ3n) is 1.58. The normalized spacial score (nSPS) is 11.2. The SMILES string of the molecule is C=C(C)S(=O)(=O)c1ccc(Br)cc1. The molecule has 4 heteroatoms. The van der Waals surface area contributed by atoms with Crippen molar-refractivity contribution in [3.05, 3.63) is 40.2 Å². The van der Waals surface area contributed by atoms with Gasteiger partial charge >= 0.3 is 0 Å². The maximum atomic E-state index is 11.5. The molecule has 1 aromatic carbocycles. The number of halogens is 1. The smallest absolute Gasteiger partial charge is 0.201 e. The zero-order valence-corrected chi connectivity index (χ0v) is 9.52. The number of benzene rings is 1. The quantitative estimate of drug-likeness (QED) is 0.820. The van der Waals surface area contributed by atoms with E-state index in [4.69, 9.17) is 0 Å². The third kappa shape index (κ3) is 2.19. The van der Waals surface area contributed by atoms with Gasteiger partial charge < -0.3 is 0 Å². The summed E-state index contributed by atoms with van der Waals surface area (Å²) in [4.78, 5) is 0.443. The maximum absolute atomic E-state index is 11.5. The van der Waals surface area contributed by atoms with Gasteiger partial charge in [0.05, 0.1) is 4.90 Å². The molecule has 0 aliphatic heterocycles. The summed E-state index contributed by atoms with van der Waals surface area (Å²) in [6, 6.07) is 6.48. The molecule has 0 aliphatic rings. The topological polar surface area (TPSA) is 34.1 Å². The van der Waals surface area contributed by atoms with Gasteiger partial charge in [-0.05, 0) is 31.2 Å². The number of hydrogen-bond donors (Lipinski definition) is 0. The fourth-order valence-electron chi connectivity index (χ4n) is 0.815. The number of allylic oxidation sites excluding steroid dienone is 1. The number of sulfone groups is 1. The van der Waals surface area contributed by atoms with E-state index in [-0.39, 0.29) is 9.80 Å². The van der Waals surface area contributed by atoms with Crippen molar-refractivity contribution in [3.63, 3.8) is 0 Å². The second-order valence-electron chi connectivity index (χ2n) is 2.66. The third-order valence-corrected chi connectivity index (χ3v) is 3.92. The van der Waals surface area contributed by atoms with Crippen LogP contribution in [0.5, 0.6) is 0 Å². The summed E-state index contributed by atoms with van der Waals surface area (Å²) in [7, 11) is -3.31. The minimum Gasteiger partial charge on any atom is -0.219 e. The first-order valence-electron chi connectivity index (χ1n) is 3.61. The van der Waals surface area contributed by atoms with E-state index < -0.39 is 9.84 Å². The van der Waals surface area contributed by atoms with E-state index in [1.807, 2.05) is 0 Å². The minimum atomic E-state index is -3.31. The molecule has 0 spiro atoms. The average molecular weight is 261 g/mol. The van der Waals surface area contributed by atoms with Crippen LogP contribution in [0.25, 0.3) is 0 Å². The Hall–Kier alpha value is -0.610. The Labute approximate surface area is 86.3 Å². The molecule has 0 atom stereocenters. The van der Waals surface area contributed by atoms with Gasteiger partial charge in [-0.15, -0.1) is 0 Å². The van der Waals surface area contributed by atoms with Crippen LogP contribution in [0, 0.1) is 0 Å². The summed E-state index contributed by atoms with van der Waals surface area (Å²) < 4.78 is 23.9. The van der Waals surface area contributed by atoms with Crippen LogP contribution in [0.1, 0.15) is 6.92 Å². The highest BCUT2D eigenvalue weighted by Crippen LogP contribution is 2.19. The Morgan fingerprint density at radius 2 is 1.77 bits per heavy atom. The lowest BCUT2D eigenvalue weighted by Crippen LogP contribution is -2.00. The van der Waals surface area contributed by atoms with Gasteiger partial charge in [-0.2, -0.15) is 0 Å². The van der Waals surface area contributed by atoms with Gasteiger partial charge in [-0.25, -0.2) is 8.42 Å². The van der Waals surface area contributed by atoms with Crippen LogP contribution in [0.2, 0.25) is 0 Å². The van der Waals surface area contributed by atoms with Gasteiger partial charge in [-0.1, -0.05) is 22.5 Å². The highest BCUT2D eigenvalue weighted by Gasteiger charge is 2.14. The van der Waals surface area contributed by atoms with Crippen molar-refractivity contribution in [2.24, 2.45) is 0 Å². The molecule has 0 aromatic heterocycles. The van der Waals surface area contributed by atoms with Crippen LogP contribution in [0.15, 0.2) is 45.1 Å². The summed E-state index contributed by atoms with van der Waals surface area (Å²) in [5.41, 5.74) is 0. The van der Waals surface area contributed by atoms with Gasteiger partial charge in [0, 0.05) is 9.38 Å². The van der Waals surface area contributed by atoms with E-state index in [0.29, 0.717) is 0 Å². The van der Waals surface area contributed by atoms with Gasteiger partial charge in [0.15, 0.2) is 0 Å². The van der Waals surface area contributed by atoms with Crippen molar-refractivity contribution in [1.29, 1.82) is 0 Å². The summed E-state index contributed by atoms with van der Waals surface area (Å²) in [6.45, 7) is 4.91. The predicted octanol–water partition coefficient (Wildman–Crippen LogP) is 2.76. The highest BCUT2D eigenvalue weighted by molar-refractivity contribution is 9.10. The number of rotatable bonds is 2. The lowest BCUT2D eigenvalue weighted by molar-refractivity contribution is 0.602. The van der Waals surface area contributed by atoms with E-state index in [9.17, 15) is 8.42 Å².